The van der Waals surface area contributed by atoms with Crippen LogP contribution in [0.1, 0.15) is 73.7 Å². The molecule has 0 aliphatic heterocycles. The van der Waals surface area contributed by atoms with Crippen molar-refractivity contribution in [2.75, 3.05) is 0 Å². The fourth-order valence-corrected chi connectivity index (χ4v) is 8.69. The Morgan fingerprint density at radius 1 is 0.864 bits per heavy atom. The van der Waals surface area contributed by atoms with Crippen LogP contribution in [-0.4, -0.2) is 37.5 Å². The Morgan fingerprint density at radius 2 is 1.49 bits per heavy atom. The lowest BCUT2D eigenvalue weighted by Gasteiger charge is -2.34. The molecule has 2 aliphatic carbocycles. The molecule has 3 heterocycles. The molecule has 2 unspecified atom stereocenters. The van der Waals surface area contributed by atoms with Gasteiger partial charge in [-0.3, -0.25) is 19.1 Å². The van der Waals surface area contributed by atoms with Crippen molar-refractivity contribution >= 4 is 39.4 Å². The quantitative estimate of drug-likeness (QED) is 0.120. The van der Waals surface area contributed by atoms with Gasteiger partial charge >= 0.3 is 6.18 Å². The second-order valence-electron chi connectivity index (χ2n) is 14.2. The summed E-state index contributed by atoms with van der Waals surface area (Å²) in [5.74, 6) is -13.5. The van der Waals surface area contributed by atoms with Crippen LogP contribution in [0.15, 0.2) is 60.7 Å². The number of hydrogen-bond acceptors (Lipinski definition) is 7. The van der Waals surface area contributed by atoms with Crippen molar-refractivity contribution in [1.29, 1.82) is 0 Å². The number of fused-ring (bicyclic) bond motifs is 4. The molecular weight excluding hydrogens is 818 g/mol. The summed E-state index contributed by atoms with van der Waals surface area (Å²) in [6.07, 6.45) is -5.56. The maximum Gasteiger partial charge on any atom is 0.435 e. The zero-order chi connectivity index (χ0) is 42.3. The highest BCUT2D eigenvalue weighted by molar-refractivity contribution is 7.21. The maximum absolute atomic E-state index is 15.6. The first-order valence-corrected chi connectivity index (χ1v) is 18.4. The smallest absolute Gasteiger partial charge is 0.366 e. The molecule has 3 amide bonds. The Kier molecular flexibility index (Phi) is 9.51. The number of pyridine rings is 1. The molecule has 59 heavy (non-hydrogen) atoms. The van der Waals surface area contributed by atoms with E-state index in [4.69, 9.17) is 11.5 Å². The Labute approximate surface area is 330 Å². The largest absolute Gasteiger partial charge is 0.435 e. The Bertz CT molecular complexity index is 2730. The lowest BCUT2D eigenvalue weighted by molar-refractivity contribution is -0.144. The van der Waals surface area contributed by atoms with E-state index in [0.29, 0.717) is 15.4 Å². The third kappa shape index (κ3) is 7.04. The number of nitrogens with one attached hydrogen (secondary N) is 1. The molecule has 0 saturated heterocycles. The van der Waals surface area contributed by atoms with Gasteiger partial charge in [0.15, 0.2) is 11.3 Å². The summed E-state index contributed by atoms with van der Waals surface area (Å²) in [6.45, 7) is -1.14. The van der Waals surface area contributed by atoms with Crippen molar-refractivity contribution in [3.05, 3.63) is 123 Å². The molecule has 0 spiro atoms. The van der Waals surface area contributed by atoms with E-state index in [0.717, 1.165) is 47.7 Å². The van der Waals surface area contributed by atoms with Gasteiger partial charge in [0, 0.05) is 28.7 Å². The molecule has 304 valence electrons. The van der Waals surface area contributed by atoms with Crippen LogP contribution in [0.3, 0.4) is 0 Å². The molecule has 8 rings (SSSR count). The number of nitrogens with zero attached hydrogens (tertiary/aromatic N) is 4. The van der Waals surface area contributed by atoms with Crippen LogP contribution in [0.2, 0.25) is 0 Å². The average molecular weight is 844 g/mol. The molecule has 2 aliphatic rings. The number of amides is 3. The normalized spacial score (nSPS) is 17.3. The van der Waals surface area contributed by atoms with E-state index in [-0.39, 0.29) is 51.4 Å². The van der Waals surface area contributed by atoms with Crippen LogP contribution in [0.4, 0.5) is 39.5 Å². The third-order valence-electron chi connectivity index (χ3n) is 10.4. The topological polar surface area (TPSA) is 159 Å². The van der Waals surface area contributed by atoms with Crippen LogP contribution in [0.25, 0.3) is 32.0 Å². The van der Waals surface area contributed by atoms with E-state index in [9.17, 15) is 45.1 Å². The SMILES string of the molecule is NC(=O)c1cc(-c2nc3nc(C(Cc4cc(F)cc(F)c4)NC(=O)Cn4nc(C(F)(F)F)c5c4C(F)(F)C4CC[C@H]54)c(-c4ccc(F)c(C(N)=O)c4)cc3s2)ccc1F. The molecule has 20 heteroatoms. The van der Waals surface area contributed by atoms with E-state index in [1.807, 2.05) is 0 Å². The Morgan fingerprint density at radius 3 is 2.08 bits per heavy atom. The molecular formula is C39H26F9N7O3S. The van der Waals surface area contributed by atoms with Crippen LogP contribution >= 0.6 is 11.3 Å². The first-order valence-electron chi connectivity index (χ1n) is 17.6. The number of primary amides is 2. The van der Waals surface area contributed by atoms with Gasteiger partial charge in [0.2, 0.25) is 5.91 Å². The number of alkyl halides is 5. The zero-order valence-corrected chi connectivity index (χ0v) is 30.6. The number of halogens is 9. The number of carbonyl (C=O) groups excluding carboxylic acids is 3. The van der Waals surface area contributed by atoms with Gasteiger partial charge in [-0.1, -0.05) is 6.07 Å². The molecule has 3 aromatic heterocycles. The van der Waals surface area contributed by atoms with Gasteiger partial charge in [0.05, 0.1) is 27.6 Å². The van der Waals surface area contributed by atoms with Gasteiger partial charge in [-0.15, -0.1) is 11.3 Å². The predicted molar refractivity (Wildman–Crippen MR) is 193 cm³/mol. The molecule has 1 saturated carbocycles. The first-order chi connectivity index (χ1) is 27.8. The van der Waals surface area contributed by atoms with Crippen LogP contribution in [-0.2, 0) is 29.9 Å². The minimum absolute atomic E-state index is 0.0360. The molecule has 5 N–H and O–H groups in total. The van der Waals surface area contributed by atoms with Gasteiger partial charge in [0.25, 0.3) is 17.7 Å². The van der Waals surface area contributed by atoms with Crippen molar-refractivity contribution in [2.45, 2.75) is 49.9 Å². The number of thiazole rings is 1. The van der Waals surface area contributed by atoms with E-state index in [1.165, 1.54) is 18.2 Å². The lowest BCUT2D eigenvalue weighted by atomic mass is 9.73. The number of rotatable bonds is 10. The number of hydrogen-bond donors (Lipinski definition) is 3. The van der Waals surface area contributed by atoms with Gasteiger partial charge in [-0.05, 0) is 84.8 Å². The summed E-state index contributed by atoms with van der Waals surface area (Å²) in [6, 6.07) is 9.12. The number of aromatic nitrogens is 4. The van der Waals surface area contributed by atoms with Crippen molar-refractivity contribution < 1.29 is 53.9 Å². The monoisotopic (exact) mass is 843 g/mol. The Balaban J connectivity index is 1.27. The first kappa shape index (κ1) is 39.5. The standard InChI is InChI=1S/C39H26F9N7O3S/c40-18-7-15(8-19(41)12-18)9-27(51-29(56)14-55-33-30(32(54-55)39(46,47)48)20-3-4-24(20)38(33,44)45)31-21(16-1-5-25(42)22(10-16)34(49)57)13-28-36(52-31)53-37(59-28)17-2-6-26(43)23(11-17)35(50)58/h1-2,5-8,10-13,20,24,27H,3-4,9,14H2,(H2,49,57)(H2,50,58)(H,51,56)/t20-,24?,27?/m0/s1. The minimum Gasteiger partial charge on any atom is -0.366 e. The van der Waals surface area contributed by atoms with E-state index in [1.54, 1.807) is 0 Å². The summed E-state index contributed by atoms with van der Waals surface area (Å²) >= 11 is 0.989. The summed E-state index contributed by atoms with van der Waals surface area (Å²) in [5.41, 5.74) is 6.65. The fourth-order valence-electron chi connectivity index (χ4n) is 7.74. The molecule has 3 atom stereocenters. The number of benzene rings is 3. The average Bonchev–Trinajstić information content (AvgIpc) is 3.75. The van der Waals surface area contributed by atoms with Gasteiger partial charge in [0.1, 0.15) is 40.5 Å². The summed E-state index contributed by atoms with van der Waals surface area (Å²) in [5, 5.41) is 6.17. The predicted octanol–water partition coefficient (Wildman–Crippen LogP) is 7.69. The molecule has 0 radical (unpaired) electrons. The van der Waals surface area contributed by atoms with E-state index >= 15 is 8.78 Å². The highest BCUT2D eigenvalue weighted by Crippen LogP contribution is 2.64. The molecule has 6 aromatic rings. The van der Waals surface area contributed by atoms with Gasteiger partial charge < -0.3 is 16.8 Å². The third-order valence-corrected chi connectivity index (χ3v) is 11.5. The summed E-state index contributed by atoms with van der Waals surface area (Å²) in [7, 11) is 0. The minimum atomic E-state index is -5.12. The molecule has 10 nitrogen and oxygen atoms in total. The molecule has 1 fully saturated rings. The maximum atomic E-state index is 15.6. The van der Waals surface area contributed by atoms with Gasteiger partial charge in [-0.25, -0.2) is 27.5 Å². The fraction of sp³-hybridized carbons (Fsp3) is 0.231. The Hall–Kier alpha value is -6.31. The summed E-state index contributed by atoms with van der Waals surface area (Å²) in [4.78, 5) is 47.1. The van der Waals surface area contributed by atoms with Gasteiger partial charge in [-0.2, -0.15) is 27.1 Å². The molecule has 0 bridgehead atoms. The van der Waals surface area contributed by atoms with Crippen molar-refractivity contribution in [3.8, 4) is 21.7 Å². The van der Waals surface area contributed by atoms with E-state index < -0.39 is 112 Å². The number of carbonyl (C=O) groups is 3. The zero-order valence-electron chi connectivity index (χ0n) is 29.8. The van der Waals surface area contributed by atoms with Crippen molar-refractivity contribution in [1.82, 2.24) is 25.1 Å². The summed E-state index contributed by atoms with van der Waals surface area (Å²) < 4.78 is 132. The van der Waals surface area contributed by atoms with Crippen LogP contribution < -0.4 is 16.8 Å². The second kappa shape index (κ2) is 14.2. The van der Waals surface area contributed by atoms with Crippen LogP contribution in [0, 0.1) is 29.2 Å². The van der Waals surface area contributed by atoms with E-state index in [2.05, 4.69) is 20.4 Å². The van der Waals surface area contributed by atoms with Crippen molar-refractivity contribution in [3.63, 3.8) is 0 Å². The number of nitrogens with two attached hydrogens (primary N) is 2. The highest BCUT2D eigenvalue weighted by Gasteiger charge is 2.63. The van der Waals surface area contributed by atoms with Crippen molar-refractivity contribution in [2.24, 2.45) is 17.4 Å². The molecule has 3 aromatic carbocycles. The van der Waals surface area contributed by atoms with Crippen LogP contribution in [0.5, 0.6) is 0 Å². The highest BCUT2D eigenvalue weighted by atomic mass is 32.1. The lowest BCUT2D eigenvalue weighted by Crippen LogP contribution is -2.36. The second-order valence-corrected chi connectivity index (χ2v) is 15.2.